The monoisotopic (exact) mass is 438 g/mol. The Morgan fingerprint density at radius 2 is 2.03 bits per heavy atom. The Hall–Kier alpha value is -3.10. The Morgan fingerprint density at radius 1 is 1.16 bits per heavy atom. The van der Waals surface area contributed by atoms with Crippen LogP contribution in [0.3, 0.4) is 0 Å². The van der Waals surface area contributed by atoms with Crippen LogP contribution in [0.4, 0.5) is 10.3 Å². The van der Waals surface area contributed by atoms with Gasteiger partial charge in [-0.15, -0.1) is 0 Å². The number of halogens is 2. The first-order valence-corrected chi connectivity index (χ1v) is 10.3. The number of morpholine rings is 1. The van der Waals surface area contributed by atoms with Crippen LogP contribution in [-0.4, -0.2) is 44.4 Å². The van der Waals surface area contributed by atoms with Crippen molar-refractivity contribution >= 4 is 28.6 Å². The molecule has 0 radical (unpaired) electrons. The second-order valence-electron chi connectivity index (χ2n) is 7.57. The summed E-state index contributed by atoms with van der Waals surface area (Å²) in [6, 6.07) is 8.33. The van der Waals surface area contributed by atoms with Crippen molar-refractivity contribution in [2.24, 2.45) is 7.05 Å². The molecule has 9 heteroatoms. The molecule has 1 aromatic carbocycles. The van der Waals surface area contributed by atoms with Crippen molar-refractivity contribution in [2.75, 3.05) is 24.6 Å². The summed E-state index contributed by atoms with van der Waals surface area (Å²) in [7, 11) is 1.87. The average Bonchev–Trinajstić information content (AvgIpc) is 3.19. The van der Waals surface area contributed by atoms with Gasteiger partial charge in [0, 0.05) is 47.0 Å². The second kappa shape index (κ2) is 7.86. The third-order valence-electron chi connectivity index (χ3n) is 5.32. The summed E-state index contributed by atoms with van der Waals surface area (Å²) >= 11 is 5.96. The molecule has 4 heterocycles. The van der Waals surface area contributed by atoms with Gasteiger partial charge in [-0.1, -0.05) is 11.6 Å². The first kappa shape index (κ1) is 19.8. The number of aryl methyl sites for hydroxylation is 2. The normalized spacial score (nSPS) is 16.8. The molecular formula is C22H20ClFN6O. The van der Waals surface area contributed by atoms with Crippen molar-refractivity contribution in [2.45, 2.75) is 13.0 Å². The predicted molar refractivity (Wildman–Crippen MR) is 117 cm³/mol. The van der Waals surface area contributed by atoms with Crippen LogP contribution in [-0.2, 0) is 11.8 Å². The molecular weight excluding hydrogens is 419 g/mol. The van der Waals surface area contributed by atoms with E-state index in [2.05, 4.69) is 10.1 Å². The summed E-state index contributed by atoms with van der Waals surface area (Å²) in [5.41, 5.74) is 3.20. The van der Waals surface area contributed by atoms with E-state index in [0.717, 1.165) is 11.3 Å². The Kier molecular flexibility index (Phi) is 5.03. The highest BCUT2D eigenvalue weighted by molar-refractivity contribution is 6.30. The molecule has 0 aliphatic carbocycles. The van der Waals surface area contributed by atoms with Gasteiger partial charge < -0.3 is 9.64 Å². The molecule has 1 atom stereocenters. The van der Waals surface area contributed by atoms with E-state index in [1.54, 1.807) is 23.0 Å². The first-order valence-electron chi connectivity index (χ1n) is 9.94. The van der Waals surface area contributed by atoms with Crippen LogP contribution in [0, 0.1) is 12.7 Å². The molecule has 0 amide bonds. The summed E-state index contributed by atoms with van der Waals surface area (Å²) < 4.78 is 22.5. The Morgan fingerprint density at radius 3 is 2.81 bits per heavy atom. The lowest BCUT2D eigenvalue weighted by Gasteiger charge is -2.32. The van der Waals surface area contributed by atoms with Crippen LogP contribution >= 0.6 is 11.6 Å². The number of hydrogen-bond acceptors (Lipinski definition) is 6. The van der Waals surface area contributed by atoms with Crippen molar-refractivity contribution in [3.8, 4) is 11.3 Å². The van der Waals surface area contributed by atoms with Gasteiger partial charge >= 0.3 is 0 Å². The number of anilines is 1. The predicted octanol–water partition coefficient (Wildman–Crippen LogP) is 4.10. The summed E-state index contributed by atoms with van der Waals surface area (Å²) in [4.78, 5) is 16.1. The fraction of sp³-hybridized carbons (Fsp3) is 0.273. The molecule has 3 aromatic heterocycles. The fourth-order valence-corrected chi connectivity index (χ4v) is 3.92. The van der Waals surface area contributed by atoms with Gasteiger partial charge in [0.1, 0.15) is 11.9 Å². The number of fused-ring (bicyclic) bond motifs is 1. The Labute approximate surface area is 183 Å². The van der Waals surface area contributed by atoms with E-state index in [4.69, 9.17) is 26.3 Å². The topological polar surface area (TPSA) is 69.0 Å². The minimum absolute atomic E-state index is 0.150. The minimum atomic E-state index is -0.436. The second-order valence-corrected chi connectivity index (χ2v) is 8.01. The third kappa shape index (κ3) is 3.84. The van der Waals surface area contributed by atoms with E-state index in [0.29, 0.717) is 53.0 Å². The van der Waals surface area contributed by atoms with Gasteiger partial charge in [-0.05, 0) is 37.3 Å². The van der Waals surface area contributed by atoms with Crippen LogP contribution in [0.5, 0.6) is 0 Å². The lowest BCUT2D eigenvalue weighted by molar-refractivity contribution is 0.0392. The largest absolute Gasteiger partial charge is 0.370 e. The van der Waals surface area contributed by atoms with Crippen molar-refractivity contribution in [1.82, 2.24) is 24.7 Å². The van der Waals surface area contributed by atoms with E-state index in [1.807, 2.05) is 37.2 Å². The van der Waals surface area contributed by atoms with Crippen LogP contribution in [0.1, 0.15) is 17.4 Å². The van der Waals surface area contributed by atoms with E-state index >= 15 is 0 Å². The molecule has 5 rings (SSSR count). The molecule has 1 fully saturated rings. The quantitative estimate of drug-likeness (QED) is 0.479. The molecule has 1 aliphatic rings. The molecule has 0 saturated carbocycles. The smallest absolute Gasteiger partial charge is 0.228 e. The molecule has 31 heavy (non-hydrogen) atoms. The maximum atomic E-state index is 14.8. The zero-order valence-corrected chi connectivity index (χ0v) is 17.8. The molecule has 0 unspecified atom stereocenters. The summed E-state index contributed by atoms with van der Waals surface area (Å²) in [5, 5.41) is 5.26. The fourth-order valence-electron chi connectivity index (χ4n) is 3.76. The number of hydrogen-bond donors (Lipinski definition) is 0. The minimum Gasteiger partial charge on any atom is -0.370 e. The van der Waals surface area contributed by atoms with Gasteiger partial charge in [0.15, 0.2) is 5.65 Å². The van der Waals surface area contributed by atoms with E-state index < -0.39 is 5.82 Å². The lowest BCUT2D eigenvalue weighted by Crippen LogP contribution is -2.39. The molecule has 4 aromatic rings. The number of pyridine rings is 1. The number of rotatable bonds is 3. The third-order valence-corrected chi connectivity index (χ3v) is 5.55. The SMILES string of the molecule is Cc1ccc2c(-c3ccc(Cl)cc3F)nc(N3CCO[C@H](c4cnn(C)c4)C3)nc2n1. The van der Waals surface area contributed by atoms with Crippen molar-refractivity contribution in [3.63, 3.8) is 0 Å². The van der Waals surface area contributed by atoms with E-state index in [9.17, 15) is 4.39 Å². The first-order chi connectivity index (χ1) is 15.0. The zero-order valence-electron chi connectivity index (χ0n) is 17.1. The van der Waals surface area contributed by atoms with Crippen LogP contribution in [0.2, 0.25) is 5.02 Å². The summed E-state index contributed by atoms with van der Waals surface area (Å²) in [6.07, 6.45) is 3.59. The van der Waals surface area contributed by atoms with Gasteiger partial charge in [-0.2, -0.15) is 10.1 Å². The highest BCUT2D eigenvalue weighted by atomic mass is 35.5. The highest BCUT2D eigenvalue weighted by Gasteiger charge is 2.26. The molecule has 7 nitrogen and oxygen atoms in total. The standard InChI is InChI=1S/C22H20ClFN6O/c1-13-3-5-17-20(16-6-4-15(23)9-18(16)24)27-22(28-21(17)26-13)30-7-8-31-19(12-30)14-10-25-29(2)11-14/h3-6,9-11,19H,7-8,12H2,1-2H3/t19-/m0/s1. The molecule has 1 saturated heterocycles. The maximum absolute atomic E-state index is 14.8. The number of nitrogens with zero attached hydrogens (tertiary/aromatic N) is 6. The van der Waals surface area contributed by atoms with Gasteiger partial charge in [-0.3, -0.25) is 4.68 Å². The summed E-state index contributed by atoms with van der Waals surface area (Å²) in [6.45, 7) is 3.60. The van der Waals surface area contributed by atoms with Crippen molar-refractivity contribution < 1.29 is 9.13 Å². The Bertz CT molecular complexity index is 1280. The summed E-state index contributed by atoms with van der Waals surface area (Å²) in [5.74, 6) is 0.0568. The van der Waals surface area contributed by atoms with Crippen LogP contribution < -0.4 is 4.90 Å². The molecule has 158 valence electrons. The van der Waals surface area contributed by atoms with Gasteiger partial charge in [0.05, 0.1) is 25.0 Å². The highest BCUT2D eigenvalue weighted by Crippen LogP contribution is 2.32. The van der Waals surface area contributed by atoms with Gasteiger partial charge in [-0.25, -0.2) is 14.4 Å². The van der Waals surface area contributed by atoms with E-state index in [-0.39, 0.29) is 6.10 Å². The van der Waals surface area contributed by atoms with Gasteiger partial charge in [0.25, 0.3) is 0 Å². The maximum Gasteiger partial charge on any atom is 0.228 e. The number of benzene rings is 1. The Balaban J connectivity index is 1.60. The molecule has 0 spiro atoms. The van der Waals surface area contributed by atoms with Crippen LogP contribution in [0.15, 0.2) is 42.7 Å². The van der Waals surface area contributed by atoms with Crippen molar-refractivity contribution in [3.05, 3.63) is 64.8 Å². The molecule has 0 bridgehead atoms. The zero-order chi connectivity index (χ0) is 21.5. The average molecular weight is 439 g/mol. The van der Waals surface area contributed by atoms with Crippen LogP contribution in [0.25, 0.3) is 22.3 Å². The van der Waals surface area contributed by atoms with Crippen molar-refractivity contribution in [1.29, 1.82) is 0 Å². The number of aromatic nitrogens is 5. The lowest BCUT2D eigenvalue weighted by atomic mass is 10.1. The van der Waals surface area contributed by atoms with Gasteiger partial charge in [0.2, 0.25) is 5.95 Å². The number of ether oxygens (including phenoxy) is 1. The van der Waals surface area contributed by atoms with E-state index in [1.165, 1.54) is 6.07 Å². The molecule has 1 aliphatic heterocycles. The molecule has 0 N–H and O–H groups in total.